The van der Waals surface area contributed by atoms with Gasteiger partial charge < -0.3 is 4.52 Å². The van der Waals surface area contributed by atoms with Crippen LogP contribution in [0, 0.1) is 0 Å². The number of aryl methyl sites for hydroxylation is 1. The van der Waals surface area contributed by atoms with Gasteiger partial charge >= 0.3 is 0 Å². The van der Waals surface area contributed by atoms with Gasteiger partial charge in [-0.15, -0.1) is 0 Å². The standard InChI is InChI=1S/C11H11NO2/c1-3-11-9-6-8(7(2)13)4-5-10(9)12-14-11/h4-6H,3H2,1-2H3. The molecule has 14 heavy (non-hydrogen) atoms. The Balaban J connectivity index is 2.67. The Morgan fingerprint density at radius 1 is 1.50 bits per heavy atom. The van der Waals surface area contributed by atoms with Crippen molar-refractivity contribution in [3.8, 4) is 0 Å². The van der Waals surface area contributed by atoms with Gasteiger partial charge in [0.05, 0.1) is 0 Å². The molecule has 0 radical (unpaired) electrons. The predicted molar refractivity (Wildman–Crippen MR) is 53.4 cm³/mol. The van der Waals surface area contributed by atoms with Gasteiger partial charge in [-0.2, -0.15) is 0 Å². The fourth-order valence-electron chi connectivity index (χ4n) is 1.47. The van der Waals surface area contributed by atoms with E-state index in [1.807, 2.05) is 19.1 Å². The van der Waals surface area contributed by atoms with Gasteiger partial charge in [0.1, 0.15) is 11.3 Å². The van der Waals surface area contributed by atoms with Crippen LogP contribution < -0.4 is 0 Å². The third-order valence-corrected chi connectivity index (χ3v) is 2.28. The highest BCUT2D eigenvalue weighted by Crippen LogP contribution is 2.20. The minimum atomic E-state index is 0.0650. The Morgan fingerprint density at radius 2 is 2.29 bits per heavy atom. The van der Waals surface area contributed by atoms with Crippen LogP contribution in [0.3, 0.4) is 0 Å². The van der Waals surface area contributed by atoms with Crippen LogP contribution in [0.25, 0.3) is 10.9 Å². The number of rotatable bonds is 2. The molecule has 0 aliphatic rings. The third-order valence-electron chi connectivity index (χ3n) is 2.28. The van der Waals surface area contributed by atoms with Gasteiger partial charge in [-0.05, 0) is 25.1 Å². The van der Waals surface area contributed by atoms with Crippen LogP contribution in [0.2, 0.25) is 0 Å². The maximum atomic E-state index is 11.2. The van der Waals surface area contributed by atoms with E-state index in [0.717, 1.165) is 23.1 Å². The zero-order valence-electron chi connectivity index (χ0n) is 8.20. The summed E-state index contributed by atoms with van der Waals surface area (Å²) in [6.07, 6.45) is 0.790. The Labute approximate surface area is 81.7 Å². The second-order valence-corrected chi connectivity index (χ2v) is 3.25. The maximum Gasteiger partial charge on any atom is 0.159 e. The number of Topliss-reactive ketones (excluding diaryl/α,β-unsaturated/α-hetero) is 1. The van der Waals surface area contributed by atoms with E-state index < -0.39 is 0 Å². The van der Waals surface area contributed by atoms with Crippen molar-refractivity contribution in [1.29, 1.82) is 0 Å². The number of nitrogens with zero attached hydrogens (tertiary/aromatic N) is 1. The van der Waals surface area contributed by atoms with E-state index in [2.05, 4.69) is 5.16 Å². The summed E-state index contributed by atoms with van der Waals surface area (Å²) < 4.78 is 5.14. The van der Waals surface area contributed by atoms with Gasteiger partial charge in [0, 0.05) is 17.4 Å². The lowest BCUT2D eigenvalue weighted by atomic mass is 10.1. The first-order chi connectivity index (χ1) is 6.72. The van der Waals surface area contributed by atoms with Crippen molar-refractivity contribution in [2.24, 2.45) is 0 Å². The number of benzene rings is 1. The molecule has 0 fully saturated rings. The van der Waals surface area contributed by atoms with Crippen molar-refractivity contribution in [3.63, 3.8) is 0 Å². The minimum absolute atomic E-state index is 0.0650. The first-order valence-electron chi connectivity index (χ1n) is 4.61. The number of carbonyl (C=O) groups is 1. The fourth-order valence-corrected chi connectivity index (χ4v) is 1.47. The molecule has 3 nitrogen and oxygen atoms in total. The molecule has 2 aromatic rings. The summed E-state index contributed by atoms with van der Waals surface area (Å²) in [5, 5.41) is 4.85. The molecule has 0 atom stereocenters. The molecule has 0 saturated carbocycles. The van der Waals surface area contributed by atoms with Crippen LogP contribution in [-0.4, -0.2) is 10.9 Å². The van der Waals surface area contributed by atoms with E-state index in [4.69, 9.17) is 4.52 Å². The molecule has 72 valence electrons. The zero-order valence-corrected chi connectivity index (χ0v) is 8.20. The Bertz CT molecular complexity index is 485. The van der Waals surface area contributed by atoms with Crippen LogP contribution in [0.4, 0.5) is 0 Å². The quantitative estimate of drug-likeness (QED) is 0.682. The second-order valence-electron chi connectivity index (χ2n) is 3.25. The average molecular weight is 189 g/mol. The second kappa shape index (κ2) is 3.25. The summed E-state index contributed by atoms with van der Waals surface area (Å²) in [4.78, 5) is 11.2. The molecule has 1 aromatic heterocycles. The molecule has 0 aliphatic carbocycles. The zero-order chi connectivity index (χ0) is 10.1. The van der Waals surface area contributed by atoms with Crippen molar-refractivity contribution in [1.82, 2.24) is 5.16 Å². The molecule has 0 unspecified atom stereocenters. The smallest absolute Gasteiger partial charge is 0.159 e. The molecule has 0 spiro atoms. The lowest BCUT2D eigenvalue weighted by Crippen LogP contribution is -1.90. The molecule has 3 heteroatoms. The summed E-state index contributed by atoms with van der Waals surface area (Å²) in [6, 6.07) is 5.42. The lowest BCUT2D eigenvalue weighted by molar-refractivity contribution is 0.101. The first-order valence-corrected chi connectivity index (χ1v) is 4.61. The van der Waals surface area contributed by atoms with E-state index in [1.165, 1.54) is 0 Å². The number of fused-ring (bicyclic) bond motifs is 1. The van der Waals surface area contributed by atoms with Crippen molar-refractivity contribution in [3.05, 3.63) is 29.5 Å². The molecular weight excluding hydrogens is 178 g/mol. The average Bonchev–Trinajstić information content (AvgIpc) is 2.59. The highest BCUT2D eigenvalue weighted by molar-refractivity contribution is 5.98. The Morgan fingerprint density at radius 3 is 2.93 bits per heavy atom. The van der Waals surface area contributed by atoms with Crippen LogP contribution in [0.1, 0.15) is 30.0 Å². The van der Waals surface area contributed by atoms with Crippen molar-refractivity contribution in [2.45, 2.75) is 20.3 Å². The maximum absolute atomic E-state index is 11.2. The SMILES string of the molecule is CCc1onc2ccc(C(C)=O)cc12. The highest BCUT2D eigenvalue weighted by atomic mass is 16.5. The van der Waals surface area contributed by atoms with Gasteiger partial charge in [-0.1, -0.05) is 12.1 Å². The molecule has 0 aliphatic heterocycles. The number of carbonyl (C=O) groups excluding carboxylic acids is 1. The summed E-state index contributed by atoms with van der Waals surface area (Å²) in [7, 11) is 0. The Hall–Kier alpha value is -1.64. The minimum Gasteiger partial charge on any atom is -0.360 e. The molecular formula is C11H11NO2. The largest absolute Gasteiger partial charge is 0.360 e. The van der Waals surface area contributed by atoms with Gasteiger partial charge in [0.15, 0.2) is 5.78 Å². The third kappa shape index (κ3) is 1.31. The fraction of sp³-hybridized carbons (Fsp3) is 0.273. The van der Waals surface area contributed by atoms with E-state index in [9.17, 15) is 4.79 Å². The van der Waals surface area contributed by atoms with E-state index in [1.54, 1.807) is 13.0 Å². The lowest BCUT2D eigenvalue weighted by Gasteiger charge is -1.94. The number of aromatic nitrogens is 1. The monoisotopic (exact) mass is 189 g/mol. The van der Waals surface area contributed by atoms with Crippen LogP contribution in [0.5, 0.6) is 0 Å². The summed E-state index contributed by atoms with van der Waals surface area (Å²) in [5.74, 6) is 0.901. The topological polar surface area (TPSA) is 43.1 Å². The summed E-state index contributed by atoms with van der Waals surface area (Å²) in [6.45, 7) is 3.56. The number of hydrogen-bond acceptors (Lipinski definition) is 3. The molecule has 0 bridgehead atoms. The Kier molecular flexibility index (Phi) is 2.08. The molecule has 0 N–H and O–H groups in total. The van der Waals surface area contributed by atoms with Gasteiger partial charge in [-0.25, -0.2) is 0 Å². The van der Waals surface area contributed by atoms with E-state index in [0.29, 0.717) is 5.56 Å². The van der Waals surface area contributed by atoms with Gasteiger partial charge in [0.25, 0.3) is 0 Å². The predicted octanol–water partition coefficient (Wildman–Crippen LogP) is 2.59. The highest BCUT2D eigenvalue weighted by Gasteiger charge is 2.08. The van der Waals surface area contributed by atoms with E-state index >= 15 is 0 Å². The van der Waals surface area contributed by atoms with Gasteiger partial charge in [-0.3, -0.25) is 4.79 Å². The molecule has 1 heterocycles. The van der Waals surface area contributed by atoms with Crippen molar-refractivity contribution < 1.29 is 9.32 Å². The number of ketones is 1. The van der Waals surface area contributed by atoms with Crippen LogP contribution in [0.15, 0.2) is 22.7 Å². The summed E-state index contributed by atoms with van der Waals surface area (Å²) >= 11 is 0. The normalized spacial score (nSPS) is 10.7. The molecule has 0 saturated heterocycles. The molecule has 1 aromatic carbocycles. The summed E-state index contributed by atoms with van der Waals surface area (Å²) in [5.41, 5.74) is 1.52. The number of hydrogen-bond donors (Lipinski definition) is 0. The van der Waals surface area contributed by atoms with Crippen LogP contribution in [-0.2, 0) is 6.42 Å². The van der Waals surface area contributed by atoms with Gasteiger partial charge in [0.2, 0.25) is 0 Å². The van der Waals surface area contributed by atoms with Crippen LogP contribution >= 0.6 is 0 Å². The molecule has 0 amide bonds. The van der Waals surface area contributed by atoms with E-state index in [-0.39, 0.29) is 5.78 Å². The molecule has 2 rings (SSSR count). The van der Waals surface area contributed by atoms with Crippen molar-refractivity contribution in [2.75, 3.05) is 0 Å². The van der Waals surface area contributed by atoms with Crippen molar-refractivity contribution >= 4 is 16.7 Å². The first kappa shape index (κ1) is 8.94.